The topological polar surface area (TPSA) is 105 Å². The maximum absolute atomic E-state index is 11.3. The quantitative estimate of drug-likeness (QED) is 0.580. The maximum Gasteiger partial charge on any atom is 0.407 e. The molecular formula is C9H14N2O5. The zero-order valence-electron chi connectivity index (χ0n) is 8.86. The lowest BCUT2D eigenvalue weighted by Crippen LogP contribution is -2.46. The van der Waals surface area contributed by atoms with Crippen molar-refractivity contribution in [2.24, 2.45) is 5.92 Å². The normalized spacial score (nSPS) is 16.1. The molecule has 2 amide bonds. The average molecular weight is 230 g/mol. The van der Waals surface area contributed by atoms with Gasteiger partial charge >= 0.3 is 12.1 Å². The van der Waals surface area contributed by atoms with E-state index in [1.807, 2.05) is 0 Å². The van der Waals surface area contributed by atoms with Crippen LogP contribution >= 0.6 is 0 Å². The highest BCUT2D eigenvalue weighted by Gasteiger charge is 2.37. The fourth-order valence-corrected chi connectivity index (χ4v) is 1.26. The van der Waals surface area contributed by atoms with Gasteiger partial charge in [-0.1, -0.05) is 0 Å². The molecule has 90 valence electrons. The van der Waals surface area contributed by atoms with E-state index in [1.165, 1.54) is 7.11 Å². The molecule has 1 saturated carbocycles. The summed E-state index contributed by atoms with van der Waals surface area (Å²) >= 11 is 0. The van der Waals surface area contributed by atoms with Gasteiger partial charge in [-0.15, -0.1) is 0 Å². The van der Waals surface area contributed by atoms with Crippen LogP contribution < -0.4 is 10.6 Å². The first-order valence-electron chi connectivity index (χ1n) is 4.88. The molecule has 3 N–H and O–H groups in total. The van der Waals surface area contributed by atoms with Crippen LogP contribution in [0.1, 0.15) is 12.8 Å². The molecule has 0 saturated heterocycles. The third-order valence-corrected chi connectivity index (χ3v) is 2.25. The molecule has 1 fully saturated rings. The van der Waals surface area contributed by atoms with Crippen LogP contribution in [-0.2, 0) is 14.3 Å². The van der Waals surface area contributed by atoms with Gasteiger partial charge in [-0.3, -0.25) is 4.79 Å². The summed E-state index contributed by atoms with van der Waals surface area (Å²) in [6.07, 6.45) is 0.886. The lowest BCUT2D eigenvalue weighted by atomic mass is 10.2. The Morgan fingerprint density at radius 1 is 1.44 bits per heavy atom. The average Bonchev–Trinajstić information content (AvgIpc) is 3.05. The van der Waals surface area contributed by atoms with Gasteiger partial charge in [-0.25, -0.2) is 9.59 Å². The summed E-state index contributed by atoms with van der Waals surface area (Å²) in [6.45, 7) is -0.289. The SMILES string of the molecule is COC(=O)NCC(=O)NC(C(=O)O)C1CC1. The zero-order chi connectivity index (χ0) is 12.1. The summed E-state index contributed by atoms with van der Waals surface area (Å²) in [4.78, 5) is 32.7. The first kappa shape index (κ1) is 12.3. The predicted molar refractivity (Wildman–Crippen MR) is 52.7 cm³/mol. The van der Waals surface area contributed by atoms with Crippen LogP contribution in [0.3, 0.4) is 0 Å². The summed E-state index contributed by atoms with van der Waals surface area (Å²) < 4.78 is 4.27. The van der Waals surface area contributed by atoms with E-state index in [1.54, 1.807) is 0 Å². The second kappa shape index (κ2) is 5.34. The van der Waals surface area contributed by atoms with Gasteiger partial charge in [0.15, 0.2) is 0 Å². The van der Waals surface area contributed by atoms with Crippen molar-refractivity contribution in [3.05, 3.63) is 0 Å². The number of nitrogens with one attached hydrogen (secondary N) is 2. The molecule has 0 heterocycles. The van der Waals surface area contributed by atoms with E-state index in [4.69, 9.17) is 5.11 Å². The molecule has 0 aromatic heterocycles. The molecule has 1 aliphatic rings. The summed E-state index contributed by atoms with van der Waals surface area (Å²) in [5.74, 6) is -1.57. The highest BCUT2D eigenvalue weighted by atomic mass is 16.5. The number of carboxylic acid groups (broad SMARTS) is 1. The molecule has 7 heteroatoms. The number of carbonyl (C=O) groups is 3. The number of amides is 2. The third kappa shape index (κ3) is 3.76. The lowest BCUT2D eigenvalue weighted by molar-refractivity contribution is -0.142. The first-order valence-corrected chi connectivity index (χ1v) is 4.88. The molecular weight excluding hydrogens is 216 g/mol. The highest BCUT2D eigenvalue weighted by molar-refractivity contribution is 5.86. The van der Waals surface area contributed by atoms with Crippen molar-refractivity contribution in [2.75, 3.05) is 13.7 Å². The van der Waals surface area contributed by atoms with Crippen LogP contribution in [0.5, 0.6) is 0 Å². The fraction of sp³-hybridized carbons (Fsp3) is 0.667. The molecule has 1 aliphatic carbocycles. The van der Waals surface area contributed by atoms with Crippen molar-refractivity contribution in [1.29, 1.82) is 0 Å². The molecule has 0 spiro atoms. The van der Waals surface area contributed by atoms with Crippen molar-refractivity contribution in [3.8, 4) is 0 Å². The number of aliphatic carboxylic acids is 1. The second-order valence-corrected chi connectivity index (χ2v) is 3.57. The third-order valence-electron chi connectivity index (χ3n) is 2.25. The van der Waals surface area contributed by atoms with Crippen molar-refractivity contribution in [3.63, 3.8) is 0 Å². The molecule has 0 aromatic rings. The number of alkyl carbamates (subject to hydrolysis) is 1. The van der Waals surface area contributed by atoms with Crippen molar-refractivity contribution in [1.82, 2.24) is 10.6 Å². The molecule has 1 rings (SSSR count). The number of rotatable bonds is 5. The van der Waals surface area contributed by atoms with Crippen LogP contribution in [0.25, 0.3) is 0 Å². The standard InChI is InChI=1S/C9H14N2O5/c1-16-9(15)10-4-6(12)11-7(8(13)14)5-2-3-5/h5,7H,2-4H2,1H3,(H,10,15)(H,11,12)(H,13,14). The second-order valence-electron chi connectivity index (χ2n) is 3.57. The Kier molecular flexibility index (Phi) is 4.10. The minimum absolute atomic E-state index is 0.0135. The van der Waals surface area contributed by atoms with E-state index in [0.29, 0.717) is 0 Å². The van der Waals surface area contributed by atoms with Crippen LogP contribution in [0.4, 0.5) is 4.79 Å². The fourth-order valence-electron chi connectivity index (χ4n) is 1.26. The number of methoxy groups -OCH3 is 1. The first-order chi connectivity index (χ1) is 7.54. The Balaban J connectivity index is 2.31. The monoisotopic (exact) mass is 230 g/mol. The number of carbonyl (C=O) groups excluding carboxylic acids is 2. The minimum Gasteiger partial charge on any atom is -0.480 e. The summed E-state index contributed by atoms with van der Waals surface area (Å²) in [7, 11) is 1.18. The van der Waals surface area contributed by atoms with Gasteiger partial charge in [-0.2, -0.15) is 0 Å². The van der Waals surface area contributed by atoms with Gasteiger partial charge in [0.25, 0.3) is 0 Å². The van der Waals surface area contributed by atoms with E-state index < -0.39 is 24.0 Å². The number of carboxylic acids is 1. The summed E-state index contributed by atoms with van der Waals surface area (Å²) in [5.41, 5.74) is 0. The molecule has 0 aliphatic heterocycles. The Bertz CT molecular complexity index is 300. The smallest absolute Gasteiger partial charge is 0.407 e. The van der Waals surface area contributed by atoms with Crippen LogP contribution in [0.15, 0.2) is 0 Å². The highest BCUT2D eigenvalue weighted by Crippen LogP contribution is 2.32. The van der Waals surface area contributed by atoms with E-state index in [2.05, 4.69) is 15.4 Å². The van der Waals surface area contributed by atoms with Gasteiger partial charge in [0, 0.05) is 0 Å². The van der Waals surface area contributed by atoms with Crippen LogP contribution in [0, 0.1) is 5.92 Å². The van der Waals surface area contributed by atoms with E-state index in [9.17, 15) is 14.4 Å². The number of hydrogen-bond donors (Lipinski definition) is 3. The van der Waals surface area contributed by atoms with E-state index >= 15 is 0 Å². The van der Waals surface area contributed by atoms with Gasteiger partial charge in [-0.05, 0) is 18.8 Å². The zero-order valence-corrected chi connectivity index (χ0v) is 8.86. The molecule has 7 nitrogen and oxygen atoms in total. The predicted octanol–water partition coefficient (Wildman–Crippen LogP) is -0.678. The Labute approximate surface area is 92.1 Å². The van der Waals surface area contributed by atoms with Crippen LogP contribution in [0.2, 0.25) is 0 Å². The Hall–Kier alpha value is -1.79. The molecule has 0 radical (unpaired) electrons. The maximum atomic E-state index is 11.3. The molecule has 1 atom stereocenters. The Morgan fingerprint density at radius 2 is 2.06 bits per heavy atom. The van der Waals surface area contributed by atoms with E-state index in [-0.39, 0.29) is 12.5 Å². The van der Waals surface area contributed by atoms with Gasteiger partial charge < -0.3 is 20.5 Å². The minimum atomic E-state index is -1.05. The van der Waals surface area contributed by atoms with Crippen molar-refractivity contribution < 1.29 is 24.2 Å². The number of hydrogen-bond acceptors (Lipinski definition) is 4. The molecule has 0 aromatic carbocycles. The number of ether oxygens (including phenoxy) is 1. The van der Waals surface area contributed by atoms with Crippen molar-refractivity contribution in [2.45, 2.75) is 18.9 Å². The van der Waals surface area contributed by atoms with Crippen LogP contribution in [-0.4, -0.2) is 42.8 Å². The summed E-state index contributed by atoms with van der Waals surface area (Å²) in [5, 5.41) is 13.3. The molecule has 16 heavy (non-hydrogen) atoms. The summed E-state index contributed by atoms with van der Waals surface area (Å²) in [6, 6.07) is -0.855. The van der Waals surface area contributed by atoms with Crippen molar-refractivity contribution >= 4 is 18.0 Å². The largest absolute Gasteiger partial charge is 0.480 e. The lowest BCUT2D eigenvalue weighted by Gasteiger charge is -2.13. The van der Waals surface area contributed by atoms with Gasteiger partial charge in [0.1, 0.15) is 12.6 Å². The molecule has 0 bridgehead atoms. The van der Waals surface area contributed by atoms with Gasteiger partial charge in [0.2, 0.25) is 5.91 Å². The molecule has 1 unspecified atom stereocenters. The Morgan fingerprint density at radius 3 is 2.50 bits per heavy atom. The van der Waals surface area contributed by atoms with Gasteiger partial charge in [0.05, 0.1) is 7.11 Å². The van der Waals surface area contributed by atoms with E-state index in [0.717, 1.165) is 12.8 Å².